The summed E-state index contributed by atoms with van der Waals surface area (Å²) in [6.07, 6.45) is 0. The van der Waals surface area contributed by atoms with Crippen LogP contribution in [0.15, 0.2) is 247 Å². The predicted molar refractivity (Wildman–Crippen MR) is 264 cm³/mol. The van der Waals surface area contributed by atoms with Gasteiger partial charge in [-0.05, 0) is 136 Å². The molecule has 63 heavy (non-hydrogen) atoms. The molecule has 0 radical (unpaired) electrons. The molecule has 12 rings (SSSR count). The van der Waals surface area contributed by atoms with Gasteiger partial charge in [0.15, 0.2) is 0 Å². The zero-order valence-corrected chi connectivity index (χ0v) is 34.4. The lowest BCUT2D eigenvalue weighted by atomic mass is 9.90. The van der Waals surface area contributed by atoms with E-state index in [1.54, 1.807) is 0 Å². The molecule has 0 N–H and O–H groups in total. The number of para-hydroxylation sites is 4. The van der Waals surface area contributed by atoms with Gasteiger partial charge in [0.05, 0.1) is 11.0 Å². The van der Waals surface area contributed by atoms with Crippen molar-refractivity contribution in [2.75, 3.05) is 4.90 Å². The first kappa shape index (κ1) is 36.5. The van der Waals surface area contributed by atoms with Crippen molar-refractivity contribution in [3.05, 3.63) is 243 Å². The van der Waals surface area contributed by atoms with Crippen molar-refractivity contribution < 1.29 is 4.42 Å². The number of hydrogen-bond acceptors (Lipinski definition) is 2. The summed E-state index contributed by atoms with van der Waals surface area (Å²) in [5, 5.41) is 4.69. The summed E-state index contributed by atoms with van der Waals surface area (Å²) in [6.45, 7) is 0. The smallest absolute Gasteiger partial charge is 0.135 e. The first-order chi connectivity index (χ1) is 31.2. The molecule has 0 bridgehead atoms. The number of aromatic nitrogens is 1. The lowest BCUT2D eigenvalue weighted by Crippen LogP contribution is -2.09. The predicted octanol–water partition coefficient (Wildman–Crippen LogP) is 16.8. The van der Waals surface area contributed by atoms with Crippen LogP contribution in [-0.2, 0) is 0 Å². The highest BCUT2D eigenvalue weighted by molar-refractivity contribution is 6.11. The molecule has 2 heterocycles. The molecule has 0 saturated heterocycles. The fraction of sp³-hybridized carbons (Fsp3) is 0. The van der Waals surface area contributed by atoms with Crippen LogP contribution in [0.2, 0.25) is 0 Å². The van der Waals surface area contributed by atoms with Crippen LogP contribution in [0, 0.1) is 0 Å². The molecule has 2 aromatic heterocycles. The Morgan fingerprint density at radius 3 is 1.65 bits per heavy atom. The molecule has 0 aliphatic heterocycles. The third kappa shape index (κ3) is 6.46. The van der Waals surface area contributed by atoms with Crippen molar-refractivity contribution in [2.45, 2.75) is 0 Å². The quantitative estimate of drug-likeness (QED) is 0.153. The summed E-state index contributed by atoms with van der Waals surface area (Å²) in [4.78, 5) is 2.34. The Balaban J connectivity index is 1.02. The van der Waals surface area contributed by atoms with E-state index in [-0.39, 0.29) is 0 Å². The number of benzene rings is 10. The van der Waals surface area contributed by atoms with Crippen molar-refractivity contribution in [2.24, 2.45) is 0 Å². The van der Waals surface area contributed by atoms with Gasteiger partial charge in [-0.3, -0.25) is 0 Å². The second kappa shape index (κ2) is 15.3. The van der Waals surface area contributed by atoms with Gasteiger partial charge >= 0.3 is 0 Å². The molecule has 3 heteroatoms. The van der Waals surface area contributed by atoms with Crippen molar-refractivity contribution in [1.82, 2.24) is 4.57 Å². The third-order valence-electron chi connectivity index (χ3n) is 12.4. The summed E-state index contributed by atoms with van der Waals surface area (Å²) < 4.78 is 8.68. The van der Waals surface area contributed by atoms with Crippen LogP contribution in [-0.4, -0.2) is 4.57 Å². The van der Waals surface area contributed by atoms with Gasteiger partial charge in [-0.25, -0.2) is 0 Å². The van der Waals surface area contributed by atoms with Gasteiger partial charge in [0.25, 0.3) is 0 Å². The van der Waals surface area contributed by atoms with E-state index in [2.05, 4.69) is 240 Å². The minimum atomic E-state index is 0.886. The Hall–Kier alpha value is -8.40. The third-order valence-corrected chi connectivity index (χ3v) is 12.4. The second-order valence-corrected chi connectivity index (χ2v) is 16.1. The Labute approximate surface area is 366 Å². The monoisotopic (exact) mass is 804 g/mol. The van der Waals surface area contributed by atoms with Gasteiger partial charge in [-0.2, -0.15) is 0 Å². The molecule has 12 aromatic rings. The van der Waals surface area contributed by atoms with E-state index in [1.807, 2.05) is 12.1 Å². The van der Waals surface area contributed by atoms with Gasteiger partial charge in [0, 0.05) is 44.3 Å². The molecule has 0 saturated carbocycles. The summed E-state index contributed by atoms with van der Waals surface area (Å²) in [6, 6.07) is 87.2. The molecule has 0 fully saturated rings. The average Bonchev–Trinajstić information content (AvgIpc) is 3.90. The highest BCUT2D eigenvalue weighted by Crippen LogP contribution is 2.43. The fourth-order valence-electron chi connectivity index (χ4n) is 9.39. The van der Waals surface area contributed by atoms with Crippen LogP contribution < -0.4 is 4.90 Å². The first-order valence-corrected chi connectivity index (χ1v) is 21.5. The molecule has 0 atom stereocenters. The number of fused-ring (bicyclic) bond motifs is 6. The van der Waals surface area contributed by atoms with E-state index >= 15 is 0 Å². The van der Waals surface area contributed by atoms with Crippen LogP contribution in [0.4, 0.5) is 17.1 Å². The van der Waals surface area contributed by atoms with Crippen LogP contribution >= 0.6 is 0 Å². The molecule has 3 nitrogen and oxygen atoms in total. The standard InChI is InChI=1S/C60H40N2O/c1-4-15-41(16-5-1)42-27-32-49(33-28-42)61(47-18-6-2-7-19-47)50-22-14-17-45(37-50)51-34-29-43(38-54(51)46-31-36-60-56(40-46)53-24-11-13-26-59(53)63-60)44-30-35-58-55(39-44)52-23-10-12-25-57(52)62(58)48-20-8-3-9-21-48/h1-40H. The average molecular weight is 805 g/mol. The highest BCUT2D eigenvalue weighted by Gasteiger charge is 2.18. The van der Waals surface area contributed by atoms with E-state index in [0.717, 1.165) is 72.5 Å². The maximum atomic E-state index is 6.31. The SMILES string of the molecule is c1ccc(-c2ccc(N(c3ccccc3)c3cccc(-c4ccc(-c5ccc6c(c5)c5ccccc5n6-c5ccccc5)cc4-c4ccc5oc6ccccc6c5c4)c3)cc2)cc1. The molecule has 0 aliphatic rings. The Morgan fingerprint density at radius 2 is 0.825 bits per heavy atom. The Bertz CT molecular complexity index is 3600. The van der Waals surface area contributed by atoms with E-state index < -0.39 is 0 Å². The summed E-state index contributed by atoms with van der Waals surface area (Å²) in [5.74, 6) is 0. The second-order valence-electron chi connectivity index (χ2n) is 16.1. The molecular weight excluding hydrogens is 765 g/mol. The molecule has 0 amide bonds. The zero-order valence-electron chi connectivity index (χ0n) is 34.4. The minimum Gasteiger partial charge on any atom is -0.456 e. The van der Waals surface area contributed by atoms with E-state index in [4.69, 9.17) is 4.42 Å². The van der Waals surface area contributed by atoms with Gasteiger partial charge in [-0.1, -0.05) is 152 Å². The van der Waals surface area contributed by atoms with Gasteiger partial charge < -0.3 is 13.9 Å². The summed E-state index contributed by atoms with van der Waals surface area (Å²) in [7, 11) is 0. The molecule has 296 valence electrons. The van der Waals surface area contributed by atoms with Crippen molar-refractivity contribution in [3.63, 3.8) is 0 Å². The van der Waals surface area contributed by atoms with Gasteiger partial charge in [-0.15, -0.1) is 0 Å². The maximum absolute atomic E-state index is 6.31. The van der Waals surface area contributed by atoms with Crippen LogP contribution in [0.3, 0.4) is 0 Å². The molecule has 10 aromatic carbocycles. The summed E-state index contributed by atoms with van der Waals surface area (Å²) in [5.41, 5.74) is 17.9. The van der Waals surface area contributed by atoms with Gasteiger partial charge in [0.2, 0.25) is 0 Å². The molecule has 0 spiro atoms. The van der Waals surface area contributed by atoms with Crippen LogP contribution in [0.1, 0.15) is 0 Å². The zero-order chi connectivity index (χ0) is 41.7. The minimum absolute atomic E-state index is 0.886. The van der Waals surface area contributed by atoms with E-state index in [0.29, 0.717) is 0 Å². The normalized spacial score (nSPS) is 11.5. The van der Waals surface area contributed by atoms with Crippen LogP contribution in [0.25, 0.3) is 93.9 Å². The number of furan rings is 1. The summed E-state index contributed by atoms with van der Waals surface area (Å²) >= 11 is 0. The van der Waals surface area contributed by atoms with E-state index in [9.17, 15) is 0 Å². The van der Waals surface area contributed by atoms with E-state index in [1.165, 1.54) is 38.5 Å². The Morgan fingerprint density at radius 1 is 0.286 bits per heavy atom. The van der Waals surface area contributed by atoms with Crippen molar-refractivity contribution >= 4 is 60.8 Å². The fourth-order valence-corrected chi connectivity index (χ4v) is 9.39. The number of nitrogens with zero attached hydrogens (tertiary/aromatic N) is 2. The lowest BCUT2D eigenvalue weighted by Gasteiger charge is -2.26. The highest BCUT2D eigenvalue weighted by atomic mass is 16.3. The van der Waals surface area contributed by atoms with Crippen molar-refractivity contribution in [1.29, 1.82) is 0 Å². The first-order valence-electron chi connectivity index (χ1n) is 21.5. The molecule has 0 unspecified atom stereocenters. The largest absolute Gasteiger partial charge is 0.456 e. The number of hydrogen-bond donors (Lipinski definition) is 0. The topological polar surface area (TPSA) is 21.3 Å². The number of rotatable bonds is 8. The lowest BCUT2D eigenvalue weighted by molar-refractivity contribution is 0.669. The maximum Gasteiger partial charge on any atom is 0.135 e. The van der Waals surface area contributed by atoms with Crippen molar-refractivity contribution in [3.8, 4) is 50.2 Å². The Kier molecular flexibility index (Phi) is 8.83. The molecule has 0 aliphatic carbocycles. The number of anilines is 3. The van der Waals surface area contributed by atoms with Gasteiger partial charge in [0.1, 0.15) is 11.2 Å². The van der Waals surface area contributed by atoms with Crippen LogP contribution in [0.5, 0.6) is 0 Å². The molecular formula is C60H40N2O.